The number of thioether (sulfide) groups is 1. The van der Waals surface area contributed by atoms with Gasteiger partial charge in [0.1, 0.15) is 22.9 Å². The molecule has 0 fully saturated rings. The molecule has 1 unspecified atom stereocenters. The van der Waals surface area contributed by atoms with Gasteiger partial charge in [-0.1, -0.05) is 43.7 Å². The highest BCUT2D eigenvalue weighted by molar-refractivity contribution is 8.00. The summed E-state index contributed by atoms with van der Waals surface area (Å²) in [7, 11) is -2.39. The summed E-state index contributed by atoms with van der Waals surface area (Å²) in [6.45, 7) is 2.17. The molecule has 1 heterocycles. The fourth-order valence-electron chi connectivity index (χ4n) is 4.83. The first-order valence-corrected chi connectivity index (χ1v) is 18.6. The molecule has 4 N–H and O–H groups in total. The van der Waals surface area contributed by atoms with E-state index in [1.165, 1.54) is 31.6 Å². The second kappa shape index (κ2) is 19.9. The van der Waals surface area contributed by atoms with Gasteiger partial charge in [-0.15, -0.1) is 11.8 Å². The number of hydrogen-bond donors (Lipinski definition) is 4. The molecule has 4 atom stereocenters. The first-order chi connectivity index (χ1) is 23.4. The average Bonchev–Trinajstić information content (AvgIpc) is 3.07. The molecular weight excluding hydrogens is 679 g/mol. The van der Waals surface area contributed by atoms with Gasteiger partial charge in [0.2, 0.25) is 11.8 Å². The average molecular weight is 721 g/mol. The zero-order valence-corrected chi connectivity index (χ0v) is 28.9. The maximum absolute atomic E-state index is 14.2. The molecule has 266 valence electrons. The zero-order chi connectivity index (χ0) is 35.8. The van der Waals surface area contributed by atoms with Crippen molar-refractivity contribution in [3.8, 4) is 0 Å². The van der Waals surface area contributed by atoms with Crippen LogP contribution in [0.5, 0.6) is 0 Å². The number of carbonyl (C=O) groups excluding carboxylic acids is 3. The molecule has 3 amide bonds. The van der Waals surface area contributed by atoms with Gasteiger partial charge in [0, 0.05) is 37.9 Å². The van der Waals surface area contributed by atoms with Crippen LogP contribution in [0.25, 0.3) is 0 Å². The molecule has 3 rings (SSSR count). The van der Waals surface area contributed by atoms with E-state index in [0.717, 1.165) is 29.5 Å². The van der Waals surface area contributed by atoms with Crippen molar-refractivity contribution in [2.45, 2.75) is 56.2 Å². The van der Waals surface area contributed by atoms with Crippen molar-refractivity contribution in [1.29, 1.82) is 0 Å². The number of unbranched alkanes of at least 4 members (excludes halogenated alkanes) is 1. The van der Waals surface area contributed by atoms with Crippen molar-refractivity contribution in [1.82, 2.24) is 20.9 Å². The highest BCUT2D eigenvalue weighted by Crippen LogP contribution is 2.22. The van der Waals surface area contributed by atoms with Crippen LogP contribution < -0.4 is 16.0 Å². The largest absolute Gasteiger partial charge is 0.389 e. The van der Waals surface area contributed by atoms with E-state index in [4.69, 9.17) is 4.74 Å². The molecule has 0 radical (unpaired) electrons. The minimum atomic E-state index is -3.86. The topological polar surface area (TPSA) is 164 Å². The van der Waals surface area contributed by atoms with Crippen LogP contribution in [0.3, 0.4) is 0 Å². The first-order valence-electron chi connectivity index (χ1n) is 15.7. The van der Waals surface area contributed by atoms with Crippen molar-refractivity contribution >= 4 is 39.3 Å². The van der Waals surface area contributed by atoms with E-state index in [0.29, 0.717) is 18.9 Å². The molecule has 0 aliphatic heterocycles. The van der Waals surface area contributed by atoms with Gasteiger partial charge in [-0.25, -0.2) is 17.2 Å². The van der Waals surface area contributed by atoms with Crippen LogP contribution in [0.15, 0.2) is 73.1 Å². The molecule has 15 heteroatoms. The van der Waals surface area contributed by atoms with Crippen LogP contribution in [0, 0.1) is 11.6 Å². The Hall–Kier alpha value is -3.92. The van der Waals surface area contributed by atoms with E-state index in [-0.39, 0.29) is 42.2 Å². The van der Waals surface area contributed by atoms with Gasteiger partial charge in [-0.05, 0) is 48.2 Å². The van der Waals surface area contributed by atoms with Gasteiger partial charge in [0.25, 0.3) is 5.91 Å². The van der Waals surface area contributed by atoms with E-state index < -0.39 is 68.4 Å². The molecule has 0 spiro atoms. The number of halogens is 2. The summed E-state index contributed by atoms with van der Waals surface area (Å²) >= 11 is 1.05. The van der Waals surface area contributed by atoms with E-state index in [9.17, 15) is 36.7 Å². The van der Waals surface area contributed by atoms with Gasteiger partial charge in [0.05, 0.1) is 35.8 Å². The minimum Gasteiger partial charge on any atom is -0.389 e. The standard InChI is InChI=1S/C34H42F2N4O7S2/c1-3-4-15-49(45,46)22-29(40-32(42)25-11-8-12-37-21-25)33(43)39-28(18-24-16-26(35)19-27(36)17-24)30(41)31(48-14-13-47-2)34(44)38-20-23-9-6-5-7-10-23/h5-12,16-17,19,21,28-31,41H,3-4,13-15,18,20,22H2,1-2H3,(H,38,44)(H,39,43)(H,40,42)/t28-,29?,30+,31+/m0/s1. The molecule has 0 saturated heterocycles. The number of ether oxygens (including phenoxy) is 1. The molecule has 49 heavy (non-hydrogen) atoms. The Morgan fingerprint density at radius 1 is 0.980 bits per heavy atom. The summed E-state index contributed by atoms with van der Waals surface area (Å²) in [5, 5.41) is 18.3. The zero-order valence-electron chi connectivity index (χ0n) is 27.3. The van der Waals surface area contributed by atoms with Crippen molar-refractivity contribution in [2.24, 2.45) is 0 Å². The number of aromatic nitrogens is 1. The summed E-state index contributed by atoms with van der Waals surface area (Å²) in [6, 6.07) is 11.7. The number of carbonyl (C=O) groups is 3. The van der Waals surface area contributed by atoms with Gasteiger partial charge in [-0.2, -0.15) is 0 Å². The number of nitrogens with zero attached hydrogens (tertiary/aromatic N) is 1. The smallest absolute Gasteiger partial charge is 0.253 e. The number of amides is 3. The predicted octanol–water partition coefficient (Wildman–Crippen LogP) is 2.83. The lowest BCUT2D eigenvalue weighted by atomic mass is 9.97. The Labute approximate surface area is 289 Å². The number of aliphatic hydroxyl groups excluding tert-OH is 1. The predicted molar refractivity (Wildman–Crippen MR) is 183 cm³/mol. The maximum Gasteiger partial charge on any atom is 0.253 e. The minimum absolute atomic E-state index is 0.0544. The molecule has 11 nitrogen and oxygen atoms in total. The number of hydrogen-bond acceptors (Lipinski definition) is 9. The van der Waals surface area contributed by atoms with Crippen LogP contribution in [-0.4, -0.2) is 90.6 Å². The first kappa shape index (κ1) is 39.5. The molecule has 0 bridgehead atoms. The lowest BCUT2D eigenvalue weighted by Crippen LogP contribution is -2.58. The van der Waals surface area contributed by atoms with Gasteiger partial charge in [-0.3, -0.25) is 19.4 Å². The number of methoxy groups -OCH3 is 1. The van der Waals surface area contributed by atoms with Crippen molar-refractivity contribution in [3.05, 3.63) is 101 Å². The number of nitrogens with one attached hydrogen (secondary N) is 3. The summed E-state index contributed by atoms with van der Waals surface area (Å²) < 4.78 is 59.6. The Kier molecular flexibility index (Phi) is 16.1. The lowest BCUT2D eigenvalue weighted by molar-refractivity contribution is -0.126. The van der Waals surface area contributed by atoms with E-state index in [1.807, 2.05) is 13.0 Å². The van der Waals surface area contributed by atoms with Crippen molar-refractivity contribution in [3.63, 3.8) is 0 Å². The van der Waals surface area contributed by atoms with Crippen LogP contribution in [0.2, 0.25) is 0 Å². The van der Waals surface area contributed by atoms with Crippen molar-refractivity contribution in [2.75, 3.05) is 31.0 Å². The number of sulfone groups is 1. The van der Waals surface area contributed by atoms with E-state index in [2.05, 4.69) is 20.9 Å². The highest BCUT2D eigenvalue weighted by Gasteiger charge is 2.37. The molecule has 0 aliphatic rings. The van der Waals surface area contributed by atoms with Gasteiger partial charge in [0.15, 0.2) is 9.84 Å². The number of aliphatic hydroxyl groups is 1. The third-order valence-electron chi connectivity index (χ3n) is 7.36. The SMILES string of the molecule is CCCCS(=O)(=O)CC(NC(=O)c1cccnc1)C(=O)N[C@@H](Cc1cc(F)cc(F)c1)[C@@H](O)[C@@H](SCCOC)C(=O)NCc1ccccc1. The summed E-state index contributed by atoms with van der Waals surface area (Å²) in [6.07, 6.45) is 1.59. The van der Waals surface area contributed by atoms with E-state index >= 15 is 0 Å². The fourth-order valence-corrected chi connectivity index (χ4v) is 7.61. The molecule has 2 aromatic carbocycles. The molecule has 0 saturated carbocycles. The normalized spacial score (nSPS) is 13.9. The van der Waals surface area contributed by atoms with E-state index in [1.54, 1.807) is 24.3 Å². The van der Waals surface area contributed by atoms with Crippen LogP contribution in [0.1, 0.15) is 41.3 Å². The maximum atomic E-state index is 14.2. The van der Waals surface area contributed by atoms with Crippen LogP contribution >= 0.6 is 11.8 Å². The number of benzene rings is 2. The quantitative estimate of drug-likeness (QED) is 0.129. The summed E-state index contributed by atoms with van der Waals surface area (Å²) in [5.74, 6) is -4.84. The monoisotopic (exact) mass is 720 g/mol. The van der Waals surface area contributed by atoms with Gasteiger partial charge < -0.3 is 25.8 Å². The van der Waals surface area contributed by atoms with Crippen LogP contribution in [-0.2, 0) is 37.1 Å². The summed E-state index contributed by atoms with van der Waals surface area (Å²) in [5.41, 5.74) is 0.920. The summed E-state index contributed by atoms with van der Waals surface area (Å²) in [4.78, 5) is 44.3. The Balaban J connectivity index is 1.96. The third kappa shape index (κ3) is 13.5. The lowest BCUT2D eigenvalue weighted by Gasteiger charge is -2.31. The fraction of sp³-hybridized carbons (Fsp3) is 0.412. The molecular formula is C34H42F2N4O7S2. The molecule has 0 aliphatic carbocycles. The number of rotatable bonds is 20. The van der Waals surface area contributed by atoms with Gasteiger partial charge >= 0.3 is 0 Å². The molecule has 3 aromatic rings. The Bertz CT molecular complexity index is 1600. The number of pyridine rings is 1. The Morgan fingerprint density at radius 3 is 2.33 bits per heavy atom. The second-order valence-corrected chi connectivity index (χ2v) is 14.8. The highest BCUT2D eigenvalue weighted by atomic mass is 32.2. The molecule has 1 aromatic heterocycles. The Morgan fingerprint density at radius 2 is 1.69 bits per heavy atom. The van der Waals surface area contributed by atoms with Crippen LogP contribution in [0.4, 0.5) is 8.78 Å². The van der Waals surface area contributed by atoms with Crippen molar-refractivity contribution < 1.29 is 41.4 Å². The second-order valence-electron chi connectivity index (χ2n) is 11.3. The third-order valence-corrected chi connectivity index (χ3v) is 10.4.